The molecular weight excluding hydrogens is 887 g/mol. The monoisotopic (exact) mass is 931 g/mol. The Morgan fingerprint density at radius 1 is 0.315 bits per heavy atom. The van der Waals surface area contributed by atoms with Crippen LogP contribution in [0.15, 0.2) is 237 Å². The zero-order valence-electron chi connectivity index (χ0n) is 40.3. The van der Waals surface area contributed by atoms with Gasteiger partial charge in [0.05, 0.1) is 27.8 Å². The number of rotatable bonds is 6. The van der Waals surface area contributed by atoms with Gasteiger partial charge in [-0.25, -0.2) is 15.0 Å². The molecule has 15 rings (SSSR count). The number of fused-ring (bicyclic) bond motifs is 12. The minimum atomic E-state index is -0.221. The number of para-hydroxylation sites is 2. The van der Waals surface area contributed by atoms with Crippen LogP contribution in [0.4, 0.5) is 0 Å². The Balaban J connectivity index is 0.975. The number of benzene rings is 11. The minimum Gasteiger partial charge on any atom is -0.309 e. The summed E-state index contributed by atoms with van der Waals surface area (Å²) < 4.78 is 4.89. The predicted molar refractivity (Wildman–Crippen MR) is 303 cm³/mol. The van der Waals surface area contributed by atoms with Gasteiger partial charge in [0.15, 0.2) is 17.5 Å². The molecule has 0 amide bonds. The Bertz CT molecular complexity index is 4510. The number of hydrogen-bond donors (Lipinski definition) is 0. The van der Waals surface area contributed by atoms with Gasteiger partial charge in [-0.2, -0.15) is 0 Å². The lowest BCUT2D eigenvalue weighted by Crippen LogP contribution is -2.15. The van der Waals surface area contributed by atoms with Crippen LogP contribution in [0.2, 0.25) is 0 Å². The Labute approximate surface area is 422 Å². The molecule has 0 atom stereocenters. The molecule has 1 aliphatic carbocycles. The fourth-order valence-corrected chi connectivity index (χ4v) is 12.1. The van der Waals surface area contributed by atoms with E-state index in [2.05, 4.69) is 223 Å². The molecule has 0 fully saturated rings. The van der Waals surface area contributed by atoms with Crippen LogP contribution in [0.3, 0.4) is 0 Å². The van der Waals surface area contributed by atoms with Gasteiger partial charge in [-0.3, -0.25) is 0 Å². The van der Waals surface area contributed by atoms with Crippen LogP contribution in [0.25, 0.3) is 133 Å². The summed E-state index contributed by atoms with van der Waals surface area (Å²) in [6.07, 6.45) is 0. The number of nitrogens with zero attached hydrogens (tertiary/aromatic N) is 5. The first kappa shape index (κ1) is 41.3. The maximum Gasteiger partial charge on any atom is 0.164 e. The van der Waals surface area contributed by atoms with E-state index in [0.717, 1.165) is 44.4 Å². The molecule has 3 heterocycles. The van der Waals surface area contributed by atoms with Gasteiger partial charge in [0.25, 0.3) is 0 Å². The fraction of sp³-hybridized carbons (Fsp3) is 0.0441. The van der Waals surface area contributed by atoms with Gasteiger partial charge in [0, 0.05) is 54.7 Å². The number of aromatic nitrogens is 5. The van der Waals surface area contributed by atoms with Crippen molar-refractivity contribution in [2.45, 2.75) is 19.3 Å². The minimum absolute atomic E-state index is 0.221. The van der Waals surface area contributed by atoms with Crippen LogP contribution in [0.5, 0.6) is 0 Å². The van der Waals surface area contributed by atoms with Crippen molar-refractivity contribution >= 4 is 65.2 Å². The second-order valence-electron chi connectivity index (χ2n) is 20.0. The first-order chi connectivity index (χ1) is 36.0. The maximum absolute atomic E-state index is 5.20. The van der Waals surface area contributed by atoms with Crippen molar-refractivity contribution in [3.63, 3.8) is 0 Å². The summed E-state index contributed by atoms with van der Waals surface area (Å²) in [4.78, 5) is 15.4. The van der Waals surface area contributed by atoms with Crippen molar-refractivity contribution < 1.29 is 0 Å². The van der Waals surface area contributed by atoms with Crippen LogP contribution in [0, 0.1) is 0 Å². The largest absolute Gasteiger partial charge is 0.309 e. The summed E-state index contributed by atoms with van der Waals surface area (Å²) in [5.41, 5.74) is 17.3. The highest BCUT2D eigenvalue weighted by Crippen LogP contribution is 2.54. The highest BCUT2D eigenvalue weighted by molar-refractivity contribution is 6.16. The SMILES string of the molecule is CC1(C)c2cc3c(cc2-c2c1ccc1ccccc21)c1cc(-c2ccc4c(c2)c2ccccc2n4-c2ccccc2)ccc1n3-c1ccc(-c2nc(-c3ccccc3)nc(-c3ccccc3)n2)c2ccccc12. The molecule has 1 aliphatic rings. The molecule has 0 N–H and O–H groups in total. The Morgan fingerprint density at radius 3 is 1.55 bits per heavy atom. The van der Waals surface area contributed by atoms with E-state index in [1.807, 2.05) is 36.4 Å². The summed E-state index contributed by atoms with van der Waals surface area (Å²) in [6, 6.07) is 85.6. The molecular formula is C68H45N5. The third-order valence-corrected chi connectivity index (χ3v) is 15.6. The Kier molecular flexibility index (Phi) is 8.94. The van der Waals surface area contributed by atoms with Gasteiger partial charge < -0.3 is 9.13 Å². The average Bonchev–Trinajstić information content (AvgIpc) is 4.05. The van der Waals surface area contributed by atoms with Gasteiger partial charge in [-0.05, 0) is 116 Å². The van der Waals surface area contributed by atoms with E-state index in [1.54, 1.807) is 0 Å². The van der Waals surface area contributed by atoms with Crippen molar-refractivity contribution in [2.24, 2.45) is 0 Å². The van der Waals surface area contributed by atoms with Crippen molar-refractivity contribution in [3.05, 3.63) is 248 Å². The summed E-state index contributed by atoms with van der Waals surface area (Å²) in [5, 5.41) is 9.64. The van der Waals surface area contributed by atoms with E-state index in [9.17, 15) is 0 Å². The highest BCUT2D eigenvalue weighted by Gasteiger charge is 2.37. The summed E-state index contributed by atoms with van der Waals surface area (Å²) in [5.74, 6) is 1.92. The smallest absolute Gasteiger partial charge is 0.164 e. The zero-order valence-corrected chi connectivity index (χ0v) is 40.3. The first-order valence-electron chi connectivity index (χ1n) is 25.1. The van der Waals surface area contributed by atoms with E-state index in [-0.39, 0.29) is 5.41 Å². The standard InChI is InChI=1S/C68H45N5/c1-68(2)57-34-30-42-18-12-13-25-48(42)64(57)56-40-55-54-39-46(45-31-35-61-53(38-45)51-28-16-17-29-59(51)72(61)47-23-10-5-11-24-47)32-36-62(54)73(63(55)41-58(56)68)60-37-33-52(49-26-14-15-27-50(49)60)67-70-65(43-19-6-3-7-20-43)69-66(71-67)44-21-8-4-9-22-44/h3-41H,1-2H3. The van der Waals surface area contributed by atoms with Gasteiger partial charge in [-0.15, -0.1) is 0 Å². The van der Waals surface area contributed by atoms with Crippen molar-refractivity contribution in [2.75, 3.05) is 0 Å². The lowest BCUT2D eigenvalue weighted by molar-refractivity contribution is 0.661. The lowest BCUT2D eigenvalue weighted by atomic mass is 9.82. The molecule has 342 valence electrons. The summed E-state index contributed by atoms with van der Waals surface area (Å²) in [6.45, 7) is 4.78. The maximum atomic E-state index is 5.20. The van der Waals surface area contributed by atoms with Gasteiger partial charge in [-0.1, -0.05) is 184 Å². The molecule has 0 bridgehead atoms. The van der Waals surface area contributed by atoms with E-state index in [4.69, 9.17) is 15.0 Å². The highest BCUT2D eigenvalue weighted by atomic mass is 15.0. The Hall–Kier alpha value is -9.45. The van der Waals surface area contributed by atoms with E-state index >= 15 is 0 Å². The normalized spacial score (nSPS) is 12.9. The van der Waals surface area contributed by atoms with Crippen molar-refractivity contribution in [3.8, 4) is 67.8 Å². The second-order valence-corrected chi connectivity index (χ2v) is 20.0. The molecule has 0 spiro atoms. The number of hydrogen-bond acceptors (Lipinski definition) is 3. The molecule has 14 aromatic rings. The lowest BCUT2D eigenvalue weighted by Gasteiger charge is -2.22. The van der Waals surface area contributed by atoms with E-state index in [1.165, 1.54) is 82.2 Å². The van der Waals surface area contributed by atoms with Crippen LogP contribution in [-0.4, -0.2) is 24.1 Å². The molecule has 5 heteroatoms. The Morgan fingerprint density at radius 2 is 0.849 bits per heavy atom. The molecule has 0 saturated carbocycles. The van der Waals surface area contributed by atoms with E-state index in [0.29, 0.717) is 17.5 Å². The molecule has 73 heavy (non-hydrogen) atoms. The van der Waals surface area contributed by atoms with Gasteiger partial charge >= 0.3 is 0 Å². The topological polar surface area (TPSA) is 48.5 Å². The molecule has 11 aromatic carbocycles. The van der Waals surface area contributed by atoms with Crippen LogP contribution in [-0.2, 0) is 5.41 Å². The summed E-state index contributed by atoms with van der Waals surface area (Å²) >= 11 is 0. The predicted octanol–water partition coefficient (Wildman–Crippen LogP) is 17.3. The first-order valence-corrected chi connectivity index (χ1v) is 25.1. The molecule has 0 saturated heterocycles. The second kappa shape index (κ2) is 15.8. The summed E-state index contributed by atoms with van der Waals surface area (Å²) in [7, 11) is 0. The fourth-order valence-electron chi connectivity index (χ4n) is 12.1. The van der Waals surface area contributed by atoms with Crippen LogP contribution >= 0.6 is 0 Å². The zero-order chi connectivity index (χ0) is 48.4. The van der Waals surface area contributed by atoms with Crippen LogP contribution in [0.1, 0.15) is 25.0 Å². The van der Waals surface area contributed by atoms with Crippen molar-refractivity contribution in [1.82, 2.24) is 24.1 Å². The molecule has 0 aliphatic heterocycles. The van der Waals surface area contributed by atoms with E-state index < -0.39 is 0 Å². The molecule has 3 aromatic heterocycles. The van der Waals surface area contributed by atoms with Crippen LogP contribution < -0.4 is 0 Å². The van der Waals surface area contributed by atoms with Gasteiger partial charge in [0.2, 0.25) is 0 Å². The molecule has 0 radical (unpaired) electrons. The molecule has 0 unspecified atom stereocenters. The quantitative estimate of drug-likeness (QED) is 0.167. The third kappa shape index (κ3) is 6.25. The molecule has 5 nitrogen and oxygen atoms in total. The van der Waals surface area contributed by atoms with Crippen molar-refractivity contribution in [1.29, 1.82) is 0 Å². The third-order valence-electron chi connectivity index (χ3n) is 15.6. The van der Waals surface area contributed by atoms with Gasteiger partial charge in [0.1, 0.15) is 0 Å². The average molecular weight is 932 g/mol.